The first kappa shape index (κ1) is 59.8. The summed E-state index contributed by atoms with van der Waals surface area (Å²) in [6, 6.07) is -6.82. The SMILES string of the molecule is CC(=O)N[C@@H]1[C@H](O[C@H]2[C@H](O)[C@@H](CO)O[C@H](O[C@@H]3[C@@H](O)[C@H](C)O[C@@H](O[C@@H]([C@H](O)[C@@H](O)CO)[C@H](O)CO)[C@H]3NC(C)=O)[C@@H]2NC(C)=O)O[C@@H](C)[C@H](O)[C@H]1O[C@H]1O[C@H](CO)[C@@H](OP(=O)(O)O)[C@H](O)[C@H]1NC(C)=O. The molecule has 0 spiro atoms. The third-order valence-corrected chi connectivity index (χ3v) is 12.2. The highest BCUT2D eigenvalue weighted by atomic mass is 31.2. The molecule has 0 aliphatic carbocycles. The summed E-state index contributed by atoms with van der Waals surface area (Å²) in [6.45, 7) is 2.62. The van der Waals surface area contributed by atoms with Crippen molar-refractivity contribution in [3.8, 4) is 0 Å². The summed E-state index contributed by atoms with van der Waals surface area (Å²) < 4.78 is 64.4. The van der Waals surface area contributed by atoms with E-state index in [9.17, 15) is 89.7 Å². The Balaban J connectivity index is 1.76. The molecule has 4 amide bonds. The molecule has 0 aromatic carbocycles. The summed E-state index contributed by atoms with van der Waals surface area (Å²) in [4.78, 5) is 69.7. The van der Waals surface area contributed by atoms with E-state index in [4.69, 9.17) is 37.9 Å². The number of rotatable bonds is 21. The van der Waals surface area contributed by atoms with Gasteiger partial charge in [-0.3, -0.25) is 23.7 Å². The van der Waals surface area contributed by atoms with Gasteiger partial charge >= 0.3 is 7.82 Å². The van der Waals surface area contributed by atoms with Crippen molar-refractivity contribution in [2.45, 2.75) is 189 Å². The third kappa shape index (κ3) is 14.9. The molecule has 70 heavy (non-hydrogen) atoms. The van der Waals surface area contributed by atoms with Crippen molar-refractivity contribution < 1.29 is 132 Å². The van der Waals surface area contributed by atoms with Crippen LogP contribution in [0.25, 0.3) is 0 Å². The lowest BCUT2D eigenvalue weighted by Crippen LogP contribution is -2.72. The average molecular weight is 1040 g/mol. The van der Waals surface area contributed by atoms with Crippen LogP contribution in [-0.4, -0.2) is 263 Å². The summed E-state index contributed by atoms with van der Waals surface area (Å²) >= 11 is 0. The van der Waals surface area contributed by atoms with Gasteiger partial charge in [0.15, 0.2) is 25.2 Å². The van der Waals surface area contributed by atoms with Crippen LogP contribution in [-0.2, 0) is 66.2 Å². The van der Waals surface area contributed by atoms with Gasteiger partial charge in [0.25, 0.3) is 0 Å². The molecule has 32 heteroatoms. The molecule has 406 valence electrons. The summed E-state index contributed by atoms with van der Waals surface area (Å²) in [7, 11) is -5.37. The number of hydrogen-bond donors (Lipinski definition) is 17. The second-order valence-corrected chi connectivity index (χ2v) is 18.4. The van der Waals surface area contributed by atoms with Crippen LogP contribution >= 0.6 is 7.82 Å². The standard InChI is InChI=1S/C38H67N4O27P/c1-11-26(54)33(22(40-14(4)48)36(61-11)65-30(18(52)8-44)27(55)17(51)7-43)67-38-24(42-16(6)50)34(28(56)19(9-45)63-38)68-37-23(41-15(5)49)32(25(53)12(2)62-37)66-35-21(39-13(3)47)29(57)31(20(10-46)64-35)69-70(58,59)60/h11-12,17-38,43-46,51-57H,7-10H2,1-6H3,(H,39,47)(H,40,48)(H,41,49)(H,42,50)(H2,58,59,60)/t11-,12-,17-,18+,19+,20+,21+,22-,23-,24+,25-,26-,27+,28+,29+,30+,31+,32-,33-,34+,35+,36-,37-,38+/m0/s1. The van der Waals surface area contributed by atoms with E-state index in [0.717, 1.165) is 27.7 Å². The molecule has 4 fully saturated rings. The predicted octanol–water partition coefficient (Wildman–Crippen LogP) is -9.54. The molecule has 24 atom stereocenters. The van der Waals surface area contributed by atoms with E-state index in [1.54, 1.807) is 0 Å². The van der Waals surface area contributed by atoms with E-state index < -0.39 is 205 Å². The topological polar surface area (TPSA) is 480 Å². The molecule has 0 radical (unpaired) electrons. The van der Waals surface area contributed by atoms with Crippen LogP contribution in [0.15, 0.2) is 0 Å². The lowest BCUT2D eigenvalue weighted by molar-refractivity contribution is -0.357. The Bertz CT molecular complexity index is 1770. The van der Waals surface area contributed by atoms with Crippen LogP contribution in [0, 0.1) is 0 Å². The molecule has 4 rings (SSSR count). The zero-order chi connectivity index (χ0) is 52.7. The lowest BCUT2D eigenvalue weighted by atomic mass is 9.93. The lowest BCUT2D eigenvalue weighted by Gasteiger charge is -2.51. The molecule has 4 aliphatic rings. The zero-order valence-electron chi connectivity index (χ0n) is 38.7. The van der Waals surface area contributed by atoms with Gasteiger partial charge < -0.3 is 125 Å². The van der Waals surface area contributed by atoms with Crippen LogP contribution in [0.1, 0.15) is 41.5 Å². The fourth-order valence-electron chi connectivity index (χ4n) is 8.40. The Morgan fingerprint density at radius 3 is 1.31 bits per heavy atom. The van der Waals surface area contributed by atoms with Crippen LogP contribution in [0.4, 0.5) is 0 Å². The number of nitrogens with one attached hydrogen (secondary N) is 4. The quantitative estimate of drug-likeness (QED) is 0.0475. The van der Waals surface area contributed by atoms with Crippen molar-refractivity contribution in [2.75, 3.05) is 26.4 Å². The first-order chi connectivity index (χ1) is 32.7. The first-order valence-electron chi connectivity index (χ1n) is 21.9. The maximum atomic E-state index is 12.9. The normalized spacial score (nSPS) is 40.0. The van der Waals surface area contributed by atoms with E-state index in [0.29, 0.717) is 0 Å². The number of phosphoric acid groups is 1. The largest absolute Gasteiger partial charge is 0.470 e. The fourth-order valence-corrected chi connectivity index (χ4v) is 8.98. The molecule has 4 heterocycles. The molecule has 0 aromatic rings. The van der Waals surface area contributed by atoms with Crippen molar-refractivity contribution in [1.82, 2.24) is 21.3 Å². The number of ether oxygens (including phenoxy) is 8. The van der Waals surface area contributed by atoms with Crippen LogP contribution < -0.4 is 21.3 Å². The average Bonchev–Trinajstić information content (AvgIpc) is 3.27. The minimum absolute atomic E-state index is 0.801. The van der Waals surface area contributed by atoms with Gasteiger partial charge in [-0.2, -0.15) is 0 Å². The monoisotopic (exact) mass is 1040 g/mol. The van der Waals surface area contributed by atoms with Crippen LogP contribution in [0.2, 0.25) is 0 Å². The summed E-state index contributed by atoms with van der Waals surface area (Å²) in [5.74, 6) is -3.28. The van der Waals surface area contributed by atoms with E-state index in [2.05, 4.69) is 25.8 Å². The van der Waals surface area contributed by atoms with Crippen molar-refractivity contribution in [3.63, 3.8) is 0 Å². The second-order valence-electron chi connectivity index (χ2n) is 17.2. The zero-order valence-corrected chi connectivity index (χ0v) is 39.6. The Hall–Kier alpha value is -2.77. The van der Waals surface area contributed by atoms with Gasteiger partial charge in [-0.1, -0.05) is 0 Å². The summed E-state index contributed by atoms with van der Waals surface area (Å²) in [6.07, 6.45) is -36.3. The Morgan fingerprint density at radius 2 is 0.900 bits per heavy atom. The van der Waals surface area contributed by atoms with Gasteiger partial charge in [0, 0.05) is 27.7 Å². The van der Waals surface area contributed by atoms with Gasteiger partial charge in [0.2, 0.25) is 23.6 Å². The molecule has 0 bridgehead atoms. The number of phosphoric ester groups is 1. The number of aliphatic hydroxyl groups is 11. The molecule has 31 nitrogen and oxygen atoms in total. The van der Waals surface area contributed by atoms with Gasteiger partial charge in [-0.15, -0.1) is 0 Å². The molecular weight excluding hydrogens is 975 g/mol. The molecule has 0 aromatic heterocycles. The van der Waals surface area contributed by atoms with Crippen LogP contribution in [0.3, 0.4) is 0 Å². The van der Waals surface area contributed by atoms with E-state index in [1.807, 2.05) is 0 Å². The van der Waals surface area contributed by atoms with Gasteiger partial charge in [0.1, 0.15) is 110 Å². The first-order valence-corrected chi connectivity index (χ1v) is 23.5. The highest BCUT2D eigenvalue weighted by Crippen LogP contribution is 2.42. The van der Waals surface area contributed by atoms with Crippen molar-refractivity contribution in [3.05, 3.63) is 0 Å². The van der Waals surface area contributed by atoms with E-state index >= 15 is 0 Å². The minimum atomic E-state index is -5.37. The van der Waals surface area contributed by atoms with E-state index in [1.165, 1.54) is 13.8 Å². The Kier molecular flexibility index (Phi) is 22.2. The summed E-state index contributed by atoms with van der Waals surface area (Å²) in [5.41, 5.74) is 0. The Morgan fingerprint density at radius 1 is 0.529 bits per heavy atom. The molecular formula is C38H67N4O27P. The molecule has 0 unspecified atom stereocenters. The van der Waals surface area contributed by atoms with Crippen molar-refractivity contribution >= 4 is 31.5 Å². The number of carbonyl (C=O) groups is 4. The molecule has 0 saturated carbocycles. The number of amides is 4. The predicted molar refractivity (Wildman–Crippen MR) is 223 cm³/mol. The molecule has 17 N–H and O–H groups in total. The molecule has 4 aliphatic heterocycles. The second kappa shape index (κ2) is 25.9. The van der Waals surface area contributed by atoms with Crippen molar-refractivity contribution in [1.29, 1.82) is 0 Å². The highest BCUT2D eigenvalue weighted by Gasteiger charge is 2.57. The number of carbonyl (C=O) groups excluding carboxylic acids is 4. The highest BCUT2D eigenvalue weighted by molar-refractivity contribution is 7.46. The molecule has 4 saturated heterocycles. The fraction of sp³-hybridized carbons (Fsp3) is 0.895. The number of aliphatic hydroxyl groups excluding tert-OH is 11. The summed E-state index contributed by atoms with van der Waals surface area (Å²) in [5, 5.41) is 127. The van der Waals surface area contributed by atoms with Gasteiger partial charge in [0.05, 0.1) is 38.6 Å². The van der Waals surface area contributed by atoms with Crippen molar-refractivity contribution in [2.24, 2.45) is 0 Å². The Labute approximate surface area is 399 Å². The maximum absolute atomic E-state index is 12.9. The van der Waals surface area contributed by atoms with Crippen LogP contribution in [0.5, 0.6) is 0 Å². The minimum Gasteiger partial charge on any atom is -0.394 e. The van der Waals surface area contributed by atoms with E-state index in [-0.39, 0.29) is 0 Å². The number of hydrogen-bond acceptors (Lipinski definition) is 25. The maximum Gasteiger partial charge on any atom is 0.470 e. The third-order valence-electron chi connectivity index (χ3n) is 11.7. The van der Waals surface area contributed by atoms with Gasteiger partial charge in [-0.25, -0.2) is 4.57 Å². The van der Waals surface area contributed by atoms with Gasteiger partial charge in [-0.05, 0) is 13.8 Å². The smallest absolute Gasteiger partial charge is 0.394 e.